The minimum atomic E-state index is -1.00. The van der Waals surface area contributed by atoms with Crippen LogP contribution in [0.1, 0.15) is 56.0 Å². The van der Waals surface area contributed by atoms with Crippen LogP contribution in [0.25, 0.3) is 11.1 Å². The highest BCUT2D eigenvalue weighted by Gasteiger charge is 2.73. The summed E-state index contributed by atoms with van der Waals surface area (Å²) in [5.41, 5.74) is 2.52. The van der Waals surface area contributed by atoms with E-state index in [1.807, 2.05) is 12.1 Å². The van der Waals surface area contributed by atoms with E-state index in [0.29, 0.717) is 17.2 Å². The van der Waals surface area contributed by atoms with Crippen molar-refractivity contribution < 1.29 is 24.5 Å². The van der Waals surface area contributed by atoms with Crippen molar-refractivity contribution in [1.82, 2.24) is 0 Å². The van der Waals surface area contributed by atoms with Gasteiger partial charge in [0.15, 0.2) is 0 Å². The third-order valence-electron chi connectivity index (χ3n) is 8.45. The van der Waals surface area contributed by atoms with Crippen molar-refractivity contribution in [2.45, 2.75) is 51.0 Å². The predicted molar refractivity (Wildman–Crippen MR) is 113 cm³/mol. The van der Waals surface area contributed by atoms with Crippen LogP contribution in [0.3, 0.4) is 0 Å². The molecule has 1 aliphatic heterocycles. The van der Waals surface area contributed by atoms with E-state index in [1.54, 1.807) is 18.2 Å². The quantitative estimate of drug-likeness (QED) is 0.753. The summed E-state index contributed by atoms with van der Waals surface area (Å²) in [4.78, 5) is 12.0. The van der Waals surface area contributed by atoms with Gasteiger partial charge >= 0.3 is 5.97 Å². The number of rotatable bonds is 5. The SMILES string of the molecule is CC12CCC(C1)C1(C)Oc3ccc(-c4c(OCCO)cccc4C(=O)O)cc3C21C. The molecule has 0 radical (unpaired) electrons. The van der Waals surface area contributed by atoms with Gasteiger partial charge in [-0.3, -0.25) is 0 Å². The smallest absolute Gasteiger partial charge is 0.336 e. The number of aliphatic hydroxyl groups is 1. The molecule has 158 valence electrons. The third-order valence-corrected chi connectivity index (χ3v) is 8.45. The first-order chi connectivity index (χ1) is 14.2. The highest BCUT2D eigenvalue weighted by molar-refractivity contribution is 5.98. The van der Waals surface area contributed by atoms with Gasteiger partial charge in [-0.1, -0.05) is 26.0 Å². The molecule has 0 saturated heterocycles. The molecule has 5 heteroatoms. The lowest BCUT2D eigenvalue weighted by atomic mass is 9.56. The normalized spacial score (nSPS) is 33.1. The number of carboxylic acid groups (broad SMARTS) is 1. The van der Waals surface area contributed by atoms with E-state index in [2.05, 4.69) is 26.8 Å². The minimum Gasteiger partial charge on any atom is -0.491 e. The van der Waals surface area contributed by atoms with Crippen LogP contribution in [0.2, 0.25) is 0 Å². The second-order valence-corrected chi connectivity index (χ2v) is 9.60. The standard InChI is InChI=1S/C25H28O5/c1-23-10-9-16(14-23)25(3)24(23,2)18-13-15(7-8-19(18)30-25)21-17(22(27)28)5-4-6-20(21)29-12-11-26/h4-8,13,16,26H,9-12,14H2,1-3H3,(H,27,28). The minimum absolute atomic E-state index is 0.111. The fourth-order valence-corrected chi connectivity index (χ4v) is 6.63. The van der Waals surface area contributed by atoms with Gasteiger partial charge in [-0.25, -0.2) is 4.79 Å². The summed E-state index contributed by atoms with van der Waals surface area (Å²) >= 11 is 0. The number of fused-ring (bicyclic) bond motifs is 7. The number of benzene rings is 2. The van der Waals surface area contributed by atoms with Crippen molar-refractivity contribution in [2.75, 3.05) is 13.2 Å². The molecule has 30 heavy (non-hydrogen) atoms. The number of carboxylic acids is 1. The van der Waals surface area contributed by atoms with E-state index < -0.39 is 5.97 Å². The van der Waals surface area contributed by atoms with Crippen LogP contribution in [0.4, 0.5) is 0 Å². The van der Waals surface area contributed by atoms with Crippen molar-refractivity contribution in [2.24, 2.45) is 11.3 Å². The molecule has 0 amide bonds. The molecule has 5 rings (SSSR count). The Balaban J connectivity index is 1.69. The summed E-state index contributed by atoms with van der Waals surface area (Å²) in [5.74, 6) is 0.916. The second kappa shape index (κ2) is 6.24. The third kappa shape index (κ3) is 2.24. The molecule has 2 fully saturated rings. The van der Waals surface area contributed by atoms with E-state index in [4.69, 9.17) is 9.47 Å². The monoisotopic (exact) mass is 408 g/mol. The van der Waals surface area contributed by atoms with Gasteiger partial charge in [-0.05, 0) is 67.3 Å². The molecule has 1 heterocycles. The van der Waals surface area contributed by atoms with Gasteiger partial charge in [-0.15, -0.1) is 0 Å². The van der Waals surface area contributed by atoms with Crippen molar-refractivity contribution in [3.05, 3.63) is 47.5 Å². The van der Waals surface area contributed by atoms with Gasteiger partial charge in [0.25, 0.3) is 0 Å². The molecule has 2 aromatic carbocycles. The molecule has 4 unspecified atom stereocenters. The Morgan fingerprint density at radius 2 is 2.03 bits per heavy atom. The number of ether oxygens (including phenoxy) is 2. The summed E-state index contributed by atoms with van der Waals surface area (Å²) in [6, 6.07) is 11.0. The topological polar surface area (TPSA) is 76.0 Å². The van der Waals surface area contributed by atoms with E-state index in [9.17, 15) is 15.0 Å². The molecule has 0 spiro atoms. The number of aliphatic hydroxyl groups excluding tert-OH is 1. The summed E-state index contributed by atoms with van der Waals surface area (Å²) < 4.78 is 12.3. The van der Waals surface area contributed by atoms with E-state index in [0.717, 1.165) is 11.3 Å². The molecule has 4 atom stereocenters. The Labute approximate surface area is 176 Å². The van der Waals surface area contributed by atoms with Gasteiger partial charge < -0.3 is 19.7 Å². The number of carbonyl (C=O) groups is 1. The van der Waals surface area contributed by atoms with Crippen molar-refractivity contribution in [1.29, 1.82) is 0 Å². The van der Waals surface area contributed by atoms with Crippen molar-refractivity contribution >= 4 is 5.97 Å². The van der Waals surface area contributed by atoms with E-state index in [1.165, 1.54) is 24.8 Å². The van der Waals surface area contributed by atoms with Gasteiger partial charge in [-0.2, -0.15) is 0 Å². The average molecular weight is 408 g/mol. The number of aromatic carboxylic acids is 1. The van der Waals surface area contributed by atoms with E-state index >= 15 is 0 Å². The zero-order valence-corrected chi connectivity index (χ0v) is 17.7. The Morgan fingerprint density at radius 1 is 1.23 bits per heavy atom. The lowest BCUT2D eigenvalue weighted by molar-refractivity contribution is -0.0260. The van der Waals surface area contributed by atoms with Crippen LogP contribution >= 0.6 is 0 Å². The predicted octanol–water partition coefficient (Wildman–Crippen LogP) is 4.65. The molecule has 5 nitrogen and oxygen atoms in total. The van der Waals surface area contributed by atoms with Crippen LogP contribution in [0, 0.1) is 11.3 Å². The summed E-state index contributed by atoms with van der Waals surface area (Å²) in [6.07, 6.45) is 3.55. The maximum absolute atomic E-state index is 12.0. The van der Waals surface area contributed by atoms with Crippen LogP contribution in [-0.2, 0) is 5.41 Å². The Kier molecular flexibility index (Phi) is 4.04. The van der Waals surface area contributed by atoms with Gasteiger partial charge in [0.1, 0.15) is 23.7 Å². The largest absolute Gasteiger partial charge is 0.491 e. The average Bonchev–Trinajstić information content (AvgIpc) is 3.29. The highest BCUT2D eigenvalue weighted by Crippen LogP contribution is 2.73. The zero-order chi connectivity index (χ0) is 21.3. The maximum Gasteiger partial charge on any atom is 0.336 e. The molecule has 2 bridgehead atoms. The van der Waals surface area contributed by atoms with Crippen LogP contribution in [0.15, 0.2) is 36.4 Å². The van der Waals surface area contributed by atoms with Gasteiger partial charge in [0.05, 0.1) is 12.2 Å². The molecular weight excluding hydrogens is 380 g/mol. The second-order valence-electron chi connectivity index (χ2n) is 9.60. The van der Waals surface area contributed by atoms with Crippen LogP contribution in [0.5, 0.6) is 11.5 Å². The van der Waals surface area contributed by atoms with Crippen LogP contribution < -0.4 is 9.47 Å². The Morgan fingerprint density at radius 3 is 2.77 bits per heavy atom. The molecule has 2 N–H and O–H groups in total. The number of hydrogen-bond donors (Lipinski definition) is 2. The first-order valence-corrected chi connectivity index (χ1v) is 10.7. The zero-order valence-electron chi connectivity index (χ0n) is 17.7. The number of hydrogen-bond acceptors (Lipinski definition) is 4. The first kappa shape index (κ1) is 19.4. The summed E-state index contributed by atoms with van der Waals surface area (Å²) in [5, 5.41) is 19.0. The summed E-state index contributed by atoms with van der Waals surface area (Å²) in [7, 11) is 0. The Bertz CT molecular complexity index is 1050. The van der Waals surface area contributed by atoms with Crippen molar-refractivity contribution in [3.8, 4) is 22.6 Å². The van der Waals surface area contributed by atoms with Gasteiger partial charge in [0, 0.05) is 16.5 Å². The molecule has 0 aromatic heterocycles. The summed E-state index contributed by atoms with van der Waals surface area (Å²) in [6.45, 7) is 6.94. The fourth-order valence-electron chi connectivity index (χ4n) is 6.63. The molecule has 2 saturated carbocycles. The first-order valence-electron chi connectivity index (χ1n) is 10.7. The molecule has 3 aliphatic rings. The lowest BCUT2D eigenvalue weighted by Gasteiger charge is -2.48. The molecule has 2 aromatic rings. The fraction of sp³-hybridized carbons (Fsp3) is 0.480. The Hall–Kier alpha value is -2.53. The molecular formula is C25H28O5. The highest BCUT2D eigenvalue weighted by atomic mass is 16.5. The maximum atomic E-state index is 12.0. The lowest BCUT2D eigenvalue weighted by Crippen LogP contribution is -2.54. The van der Waals surface area contributed by atoms with Gasteiger partial charge in [0.2, 0.25) is 0 Å². The van der Waals surface area contributed by atoms with E-state index in [-0.39, 0.29) is 35.2 Å². The van der Waals surface area contributed by atoms with Crippen molar-refractivity contribution in [3.63, 3.8) is 0 Å². The molecule has 2 aliphatic carbocycles. The van der Waals surface area contributed by atoms with Crippen LogP contribution in [-0.4, -0.2) is 35.0 Å².